The standard InChI is InChI=1S/C10H14N4OS/c1-7(6-16(2)15)13-10-4-3-8(12)9(5-11)14-10/h3-4,7H,6,12H2,1-2H3,(H,13,14). The fourth-order valence-corrected chi connectivity index (χ4v) is 2.07. The van der Waals surface area contributed by atoms with Gasteiger partial charge in [-0.3, -0.25) is 4.21 Å². The van der Waals surface area contributed by atoms with E-state index in [4.69, 9.17) is 11.0 Å². The maximum Gasteiger partial charge on any atom is 0.165 e. The van der Waals surface area contributed by atoms with Gasteiger partial charge in [-0.05, 0) is 19.1 Å². The van der Waals surface area contributed by atoms with Crippen LogP contribution >= 0.6 is 0 Å². The summed E-state index contributed by atoms with van der Waals surface area (Å²) in [5.74, 6) is 1.11. The second kappa shape index (κ2) is 5.47. The van der Waals surface area contributed by atoms with Crippen LogP contribution in [-0.2, 0) is 10.8 Å². The Hall–Kier alpha value is -1.61. The zero-order valence-corrected chi connectivity index (χ0v) is 10.0. The van der Waals surface area contributed by atoms with Gasteiger partial charge in [-0.15, -0.1) is 0 Å². The van der Waals surface area contributed by atoms with Gasteiger partial charge in [-0.25, -0.2) is 4.98 Å². The van der Waals surface area contributed by atoms with Gasteiger partial charge in [-0.2, -0.15) is 5.26 Å². The van der Waals surface area contributed by atoms with Crippen LogP contribution in [0, 0.1) is 11.3 Å². The molecule has 16 heavy (non-hydrogen) atoms. The van der Waals surface area contributed by atoms with Crippen LogP contribution in [0.3, 0.4) is 0 Å². The minimum absolute atomic E-state index is 0.0356. The third kappa shape index (κ3) is 3.51. The Labute approximate surface area is 97.1 Å². The molecule has 0 spiro atoms. The number of nitrogens with one attached hydrogen (secondary N) is 1. The Morgan fingerprint density at radius 3 is 2.94 bits per heavy atom. The maximum atomic E-state index is 11.0. The Morgan fingerprint density at radius 1 is 1.69 bits per heavy atom. The molecule has 0 bridgehead atoms. The third-order valence-corrected chi connectivity index (χ3v) is 2.88. The van der Waals surface area contributed by atoms with Gasteiger partial charge in [0, 0.05) is 28.9 Å². The molecule has 0 radical (unpaired) electrons. The van der Waals surface area contributed by atoms with E-state index in [9.17, 15) is 4.21 Å². The van der Waals surface area contributed by atoms with E-state index in [0.717, 1.165) is 0 Å². The molecule has 1 rings (SSSR count). The first-order valence-electron chi connectivity index (χ1n) is 4.76. The second-order valence-electron chi connectivity index (χ2n) is 3.53. The number of pyridine rings is 1. The van der Waals surface area contributed by atoms with Gasteiger partial charge >= 0.3 is 0 Å². The molecule has 0 aliphatic carbocycles. The smallest absolute Gasteiger partial charge is 0.165 e. The molecular formula is C10H14N4OS. The molecule has 2 atom stereocenters. The highest BCUT2D eigenvalue weighted by Gasteiger charge is 2.07. The number of rotatable bonds is 4. The van der Waals surface area contributed by atoms with Gasteiger partial charge in [0.15, 0.2) is 5.69 Å². The molecule has 3 N–H and O–H groups in total. The molecule has 0 aliphatic rings. The van der Waals surface area contributed by atoms with Crippen LogP contribution in [0.2, 0.25) is 0 Å². The molecule has 2 unspecified atom stereocenters. The van der Waals surface area contributed by atoms with E-state index < -0.39 is 10.8 Å². The summed E-state index contributed by atoms with van der Waals surface area (Å²) in [5.41, 5.74) is 6.11. The monoisotopic (exact) mass is 238 g/mol. The van der Waals surface area contributed by atoms with E-state index in [2.05, 4.69) is 10.3 Å². The number of nitriles is 1. The van der Waals surface area contributed by atoms with Crippen molar-refractivity contribution in [3.8, 4) is 6.07 Å². The van der Waals surface area contributed by atoms with E-state index in [1.807, 2.05) is 13.0 Å². The summed E-state index contributed by atoms with van der Waals surface area (Å²) < 4.78 is 11.0. The Morgan fingerprint density at radius 2 is 2.38 bits per heavy atom. The Bertz CT molecular complexity index is 441. The zero-order valence-electron chi connectivity index (χ0n) is 9.23. The van der Waals surface area contributed by atoms with Crippen molar-refractivity contribution < 1.29 is 4.21 Å². The fraction of sp³-hybridized carbons (Fsp3) is 0.400. The van der Waals surface area contributed by atoms with Crippen molar-refractivity contribution in [1.29, 1.82) is 5.26 Å². The Balaban J connectivity index is 2.75. The van der Waals surface area contributed by atoms with Gasteiger partial charge in [-0.1, -0.05) is 0 Å². The average molecular weight is 238 g/mol. The van der Waals surface area contributed by atoms with Crippen LogP contribution in [0.1, 0.15) is 12.6 Å². The molecule has 1 heterocycles. The number of nitrogens with two attached hydrogens (primary N) is 1. The number of anilines is 2. The lowest BCUT2D eigenvalue weighted by Gasteiger charge is -2.13. The molecule has 6 heteroatoms. The quantitative estimate of drug-likeness (QED) is 0.806. The largest absolute Gasteiger partial charge is 0.396 e. The van der Waals surface area contributed by atoms with Crippen LogP contribution in [0.4, 0.5) is 11.5 Å². The number of hydrogen-bond donors (Lipinski definition) is 2. The lowest BCUT2D eigenvalue weighted by atomic mass is 10.3. The van der Waals surface area contributed by atoms with Crippen molar-refractivity contribution in [2.75, 3.05) is 23.1 Å². The van der Waals surface area contributed by atoms with Gasteiger partial charge < -0.3 is 11.1 Å². The van der Waals surface area contributed by atoms with Crippen molar-refractivity contribution in [2.24, 2.45) is 0 Å². The predicted molar refractivity (Wildman–Crippen MR) is 65.4 cm³/mol. The van der Waals surface area contributed by atoms with Crippen molar-refractivity contribution in [1.82, 2.24) is 4.98 Å². The van der Waals surface area contributed by atoms with Crippen LogP contribution in [0.25, 0.3) is 0 Å². The molecule has 0 fully saturated rings. The second-order valence-corrected chi connectivity index (χ2v) is 5.01. The Kier molecular flexibility index (Phi) is 4.26. The highest BCUT2D eigenvalue weighted by molar-refractivity contribution is 7.84. The molecule has 1 aromatic rings. The summed E-state index contributed by atoms with van der Waals surface area (Å²) in [4.78, 5) is 4.04. The molecule has 5 nitrogen and oxygen atoms in total. The SMILES string of the molecule is CC(CS(C)=O)Nc1ccc(N)c(C#N)n1. The van der Waals surface area contributed by atoms with Crippen molar-refractivity contribution in [3.05, 3.63) is 17.8 Å². The first-order chi connectivity index (χ1) is 7.52. The summed E-state index contributed by atoms with van der Waals surface area (Å²) in [6.07, 6.45) is 1.65. The molecule has 0 aliphatic heterocycles. The maximum absolute atomic E-state index is 11.0. The van der Waals surface area contributed by atoms with Crippen LogP contribution in [-0.4, -0.2) is 27.2 Å². The number of hydrogen-bond acceptors (Lipinski definition) is 5. The van der Waals surface area contributed by atoms with Gasteiger partial charge in [0.05, 0.1) is 5.69 Å². The van der Waals surface area contributed by atoms with Gasteiger partial charge in [0.25, 0.3) is 0 Å². The number of nitrogens with zero attached hydrogens (tertiary/aromatic N) is 2. The van der Waals surface area contributed by atoms with E-state index in [1.165, 1.54) is 0 Å². The van der Waals surface area contributed by atoms with Crippen LogP contribution < -0.4 is 11.1 Å². The molecular weight excluding hydrogens is 224 g/mol. The highest BCUT2D eigenvalue weighted by atomic mass is 32.2. The van der Waals surface area contributed by atoms with Crippen molar-refractivity contribution in [2.45, 2.75) is 13.0 Å². The van der Waals surface area contributed by atoms with Gasteiger partial charge in [0.1, 0.15) is 11.9 Å². The van der Waals surface area contributed by atoms with E-state index in [0.29, 0.717) is 17.3 Å². The summed E-state index contributed by atoms with van der Waals surface area (Å²) >= 11 is 0. The van der Waals surface area contributed by atoms with Crippen LogP contribution in [0.5, 0.6) is 0 Å². The van der Waals surface area contributed by atoms with Crippen molar-refractivity contribution >= 4 is 22.3 Å². The number of aromatic nitrogens is 1. The normalized spacial score (nSPS) is 13.8. The summed E-state index contributed by atoms with van der Waals surface area (Å²) in [5, 5.41) is 11.8. The topological polar surface area (TPSA) is 91.8 Å². The van der Waals surface area contributed by atoms with Crippen molar-refractivity contribution in [3.63, 3.8) is 0 Å². The van der Waals surface area contributed by atoms with E-state index >= 15 is 0 Å². The molecule has 0 aromatic carbocycles. The highest BCUT2D eigenvalue weighted by Crippen LogP contribution is 2.12. The zero-order chi connectivity index (χ0) is 12.1. The molecule has 86 valence electrons. The minimum atomic E-state index is -0.861. The number of nitrogen functional groups attached to an aromatic ring is 1. The molecule has 0 saturated carbocycles. The summed E-state index contributed by atoms with van der Waals surface area (Å²) in [6.45, 7) is 1.91. The first kappa shape index (κ1) is 12.5. The van der Waals surface area contributed by atoms with Crippen LogP contribution in [0.15, 0.2) is 12.1 Å². The molecule has 0 saturated heterocycles. The van der Waals surface area contributed by atoms with E-state index in [-0.39, 0.29) is 11.7 Å². The first-order valence-corrected chi connectivity index (χ1v) is 6.49. The minimum Gasteiger partial charge on any atom is -0.396 e. The lowest BCUT2D eigenvalue weighted by molar-refractivity contribution is 0.683. The third-order valence-electron chi connectivity index (χ3n) is 1.91. The predicted octanol–water partition coefficient (Wildman–Crippen LogP) is 0.714. The summed E-state index contributed by atoms with van der Waals surface area (Å²) in [7, 11) is -0.861. The van der Waals surface area contributed by atoms with E-state index in [1.54, 1.807) is 18.4 Å². The average Bonchev–Trinajstić information content (AvgIpc) is 2.19. The molecule has 1 aromatic heterocycles. The lowest BCUT2D eigenvalue weighted by Crippen LogP contribution is -2.23. The molecule has 0 amide bonds. The fourth-order valence-electron chi connectivity index (χ4n) is 1.29. The summed E-state index contributed by atoms with van der Waals surface area (Å²) in [6, 6.07) is 5.28. The van der Waals surface area contributed by atoms with Gasteiger partial charge in [0.2, 0.25) is 0 Å².